The molecule has 0 spiro atoms. The Morgan fingerprint density at radius 3 is 2.44 bits per heavy atom. The molecule has 2 N–H and O–H groups in total. The molecule has 0 aliphatic rings. The summed E-state index contributed by atoms with van der Waals surface area (Å²) in [5, 5.41) is 23.3. The van der Waals surface area contributed by atoms with Crippen molar-refractivity contribution in [3.05, 3.63) is 99.5 Å². The molecule has 0 saturated heterocycles. The molecule has 2 heterocycles. The van der Waals surface area contributed by atoms with E-state index in [1.807, 2.05) is 19.1 Å². The molecule has 4 aromatic rings. The van der Waals surface area contributed by atoms with Crippen molar-refractivity contribution in [3.63, 3.8) is 0 Å². The van der Waals surface area contributed by atoms with E-state index >= 15 is 0 Å². The van der Waals surface area contributed by atoms with Gasteiger partial charge in [0.1, 0.15) is 29.6 Å². The molecule has 4 rings (SSSR count). The molecule has 2 aromatic heterocycles. The molecule has 172 valence electrons. The standard InChI is InChI=1S/C26H22N2O6/c1-16-3-8-22(23(13-16)28(31)32)25-10-5-19(33-25)7-12-26(30)27-18-4-9-21(17(2)14-18)24-11-6-20(15-29)34-24/h3-14,29H,15H2,1-2H3,(H,27,30)/b12-7+. The number of carbonyl (C=O) groups is 1. The number of nitrogens with one attached hydrogen (secondary N) is 1. The summed E-state index contributed by atoms with van der Waals surface area (Å²) in [4.78, 5) is 23.3. The monoisotopic (exact) mass is 458 g/mol. The number of amides is 1. The van der Waals surface area contributed by atoms with Gasteiger partial charge in [0.15, 0.2) is 0 Å². The van der Waals surface area contributed by atoms with Gasteiger partial charge < -0.3 is 19.3 Å². The molecule has 8 heteroatoms. The van der Waals surface area contributed by atoms with Crippen LogP contribution in [0.4, 0.5) is 11.4 Å². The largest absolute Gasteiger partial charge is 0.459 e. The summed E-state index contributed by atoms with van der Waals surface area (Å²) in [5.41, 5.74) is 3.49. The van der Waals surface area contributed by atoms with E-state index in [1.54, 1.807) is 49.4 Å². The van der Waals surface area contributed by atoms with E-state index in [0.717, 1.165) is 16.7 Å². The van der Waals surface area contributed by atoms with Crippen LogP contribution in [0, 0.1) is 24.0 Å². The van der Waals surface area contributed by atoms with Gasteiger partial charge in [-0.15, -0.1) is 0 Å². The zero-order chi connectivity index (χ0) is 24.2. The Balaban J connectivity index is 1.45. The van der Waals surface area contributed by atoms with Gasteiger partial charge in [0.25, 0.3) is 5.69 Å². The Morgan fingerprint density at radius 2 is 1.74 bits per heavy atom. The fourth-order valence-electron chi connectivity index (χ4n) is 3.56. The Labute approximate surface area is 195 Å². The number of hydrogen-bond donors (Lipinski definition) is 2. The normalized spacial score (nSPS) is 11.1. The smallest absolute Gasteiger partial charge is 0.280 e. The van der Waals surface area contributed by atoms with Gasteiger partial charge in [-0.1, -0.05) is 6.07 Å². The van der Waals surface area contributed by atoms with E-state index in [1.165, 1.54) is 18.2 Å². The molecule has 8 nitrogen and oxygen atoms in total. The maximum absolute atomic E-state index is 12.4. The van der Waals surface area contributed by atoms with Crippen LogP contribution < -0.4 is 5.32 Å². The minimum Gasteiger partial charge on any atom is -0.459 e. The summed E-state index contributed by atoms with van der Waals surface area (Å²) < 4.78 is 11.3. The van der Waals surface area contributed by atoms with Gasteiger partial charge in [-0.2, -0.15) is 0 Å². The van der Waals surface area contributed by atoms with E-state index in [2.05, 4.69) is 5.32 Å². The fourth-order valence-corrected chi connectivity index (χ4v) is 3.56. The van der Waals surface area contributed by atoms with Crippen LogP contribution in [0.5, 0.6) is 0 Å². The van der Waals surface area contributed by atoms with Crippen LogP contribution in [-0.4, -0.2) is 15.9 Å². The maximum Gasteiger partial charge on any atom is 0.280 e. The lowest BCUT2D eigenvalue weighted by Gasteiger charge is -2.07. The third kappa shape index (κ3) is 4.97. The van der Waals surface area contributed by atoms with E-state index in [4.69, 9.17) is 13.9 Å². The highest BCUT2D eigenvalue weighted by Crippen LogP contribution is 2.32. The number of aliphatic hydroxyl groups excluding tert-OH is 1. The number of nitro benzene ring substituents is 1. The van der Waals surface area contributed by atoms with Crippen LogP contribution in [0.1, 0.15) is 22.6 Å². The fraction of sp³-hybridized carbons (Fsp3) is 0.115. The Bertz CT molecular complexity index is 1400. The van der Waals surface area contributed by atoms with Gasteiger partial charge >= 0.3 is 0 Å². The topological polar surface area (TPSA) is 119 Å². The van der Waals surface area contributed by atoms with Crippen molar-refractivity contribution < 1.29 is 23.7 Å². The summed E-state index contributed by atoms with van der Waals surface area (Å²) in [6.07, 6.45) is 2.83. The summed E-state index contributed by atoms with van der Waals surface area (Å²) in [7, 11) is 0. The van der Waals surface area contributed by atoms with E-state index < -0.39 is 4.92 Å². The number of nitrogens with zero attached hydrogens (tertiary/aromatic N) is 1. The maximum atomic E-state index is 12.4. The van der Waals surface area contributed by atoms with E-state index in [-0.39, 0.29) is 18.2 Å². The highest BCUT2D eigenvalue weighted by Gasteiger charge is 2.18. The summed E-state index contributed by atoms with van der Waals surface area (Å²) >= 11 is 0. The predicted octanol–water partition coefficient (Wildman–Crippen LogP) is 5.88. The third-order valence-electron chi connectivity index (χ3n) is 5.22. The molecule has 0 saturated carbocycles. The molecule has 2 aromatic carbocycles. The lowest BCUT2D eigenvalue weighted by molar-refractivity contribution is -0.384. The van der Waals surface area contributed by atoms with E-state index in [0.29, 0.717) is 34.3 Å². The molecule has 1 amide bonds. The lowest BCUT2D eigenvalue weighted by atomic mass is 10.1. The first-order chi connectivity index (χ1) is 16.3. The number of hydrogen-bond acceptors (Lipinski definition) is 6. The van der Waals surface area contributed by atoms with Crippen molar-refractivity contribution in [1.29, 1.82) is 0 Å². The van der Waals surface area contributed by atoms with Gasteiger partial charge in [0.2, 0.25) is 5.91 Å². The first-order valence-electron chi connectivity index (χ1n) is 10.5. The van der Waals surface area contributed by atoms with Gasteiger partial charge in [-0.05, 0) is 79.6 Å². The van der Waals surface area contributed by atoms with Gasteiger partial charge in [0, 0.05) is 23.4 Å². The molecule has 0 atom stereocenters. The first-order valence-corrected chi connectivity index (χ1v) is 10.5. The lowest BCUT2D eigenvalue weighted by Crippen LogP contribution is -2.07. The van der Waals surface area contributed by atoms with Gasteiger partial charge in [0.05, 0.1) is 10.5 Å². The van der Waals surface area contributed by atoms with Crippen molar-refractivity contribution in [2.75, 3.05) is 5.32 Å². The molecule has 0 unspecified atom stereocenters. The zero-order valence-corrected chi connectivity index (χ0v) is 18.6. The number of benzene rings is 2. The Hall–Kier alpha value is -4.43. The van der Waals surface area contributed by atoms with Crippen molar-refractivity contribution >= 4 is 23.4 Å². The number of furan rings is 2. The van der Waals surface area contributed by atoms with Crippen LogP contribution in [0.15, 0.2) is 75.6 Å². The average molecular weight is 458 g/mol. The summed E-state index contributed by atoms with van der Waals surface area (Å²) in [6, 6.07) is 17.1. The highest BCUT2D eigenvalue weighted by atomic mass is 16.6. The molecule has 0 bridgehead atoms. The van der Waals surface area contributed by atoms with Gasteiger partial charge in [-0.25, -0.2) is 0 Å². The van der Waals surface area contributed by atoms with Crippen LogP contribution in [-0.2, 0) is 11.4 Å². The second-order valence-corrected chi connectivity index (χ2v) is 7.76. The third-order valence-corrected chi connectivity index (χ3v) is 5.22. The number of aliphatic hydroxyl groups is 1. The minimum atomic E-state index is -0.446. The Kier molecular flexibility index (Phi) is 6.42. The van der Waals surface area contributed by atoms with Crippen LogP contribution in [0.25, 0.3) is 28.7 Å². The SMILES string of the molecule is Cc1ccc(-c2ccc(/C=C/C(=O)Nc3ccc(-c4ccc(CO)o4)c(C)c3)o2)c([N+](=O)[O-])c1. The van der Waals surface area contributed by atoms with Crippen molar-refractivity contribution in [1.82, 2.24) is 0 Å². The second-order valence-electron chi connectivity index (χ2n) is 7.76. The number of rotatable bonds is 7. The minimum absolute atomic E-state index is 0.0384. The number of nitro groups is 1. The van der Waals surface area contributed by atoms with E-state index in [9.17, 15) is 14.9 Å². The van der Waals surface area contributed by atoms with Crippen molar-refractivity contribution in [2.24, 2.45) is 0 Å². The molecular weight excluding hydrogens is 436 g/mol. The number of aryl methyl sites for hydroxylation is 2. The zero-order valence-electron chi connectivity index (χ0n) is 18.6. The van der Waals surface area contributed by atoms with Crippen molar-refractivity contribution in [2.45, 2.75) is 20.5 Å². The molecule has 0 aliphatic carbocycles. The Morgan fingerprint density at radius 1 is 1.00 bits per heavy atom. The molecule has 0 fully saturated rings. The highest BCUT2D eigenvalue weighted by molar-refractivity contribution is 6.02. The number of anilines is 1. The summed E-state index contributed by atoms with van der Waals surface area (Å²) in [5.74, 6) is 1.51. The summed E-state index contributed by atoms with van der Waals surface area (Å²) in [6.45, 7) is 3.51. The first kappa shape index (κ1) is 22.8. The molecule has 0 radical (unpaired) electrons. The molecule has 0 aliphatic heterocycles. The second kappa shape index (κ2) is 9.60. The van der Waals surface area contributed by atoms with Gasteiger partial charge in [-0.3, -0.25) is 14.9 Å². The van der Waals surface area contributed by atoms with Crippen LogP contribution in [0.2, 0.25) is 0 Å². The quantitative estimate of drug-likeness (QED) is 0.203. The molecule has 34 heavy (non-hydrogen) atoms. The molecular formula is C26H22N2O6. The van der Waals surface area contributed by atoms with Crippen molar-refractivity contribution in [3.8, 4) is 22.6 Å². The van der Waals surface area contributed by atoms with Crippen LogP contribution >= 0.6 is 0 Å². The van der Waals surface area contributed by atoms with Crippen LogP contribution in [0.3, 0.4) is 0 Å². The average Bonchev–Trinajstić information content (AvgIpc) is 3.47. The number of carbonyl (C=O) groups excluding carboxylic acids is 1. The predicted molar refractivity (Wildman–Crippen MR) is 128 cm³/mol.